The average Bonchev–Trinajstić information content (AvgIpc) is 3.43. The van der Waals surface area contributed by atoms with E-state index in [1.54, 1.807) is 24.4 Å². The molecule has 0 saturated carbocycles. The van der Waals surface area contributed by atoms with E-state index in [9.17, 15) is 14.9 Å². The van der Waals surface area contributed by atoms with Crippen molar-refractivity contribution in [1.82, 2.24) is 15.1 Å². The number of hydrogen-bond donors (Lipinski definition) is 1. The monoisotopic (exact) mass is 391 g/mol. The zero-order chi connectivity index (χ0) is 20.2. The van der Waals surface area contributed by atoms with Gasteiger partial charge in [-0.15, -0.1) is 0 Å². The van der Waals surface area contributed by atoms with Crippen molar-refractivity contribution >= 4 is 17.3 Å². The molecule has 148 valence electrons. The summed E-state index contributed by atoms with van der Waals surface area (Å²) in [6, 6.07) is 18.0. The maximum absolute atomic E-state index is 12.5. The van der Waals surface area contributed by atoms with Crippen molar-refractivity contribution in [3.63, 3.8) is 0 Å². The predicted molar refractivity (Wildman–Crippen MR) is 109 cm³/mol. The molecule has 1 unspecified atom stereocenters. The van der Waals surface area contributed by atoms with E-state index in [-0.39, 0.29) is 17.3 Å². The van der Waals surface area contributed by atoms with Crippen LogP contribution in [0.1, 0.15) is 16.9 Å². The molecule has 0 bridgehead atoms. The van der Waals surface area contributed by atoms with E-state index in [2.05, 4.69) is 27.4 Å². The summed E-state index contributed by atoms with van der Waals surface area (Å²) in [6.07, 6.45) is 2.65. The molecule has 4 rings (SSSR count). The topological polar surface area (TPSA) is 93.3 Å². The second kappa shape index (κ2) is 8.14. The zero-order valence-electron chi connectivity index (χ0n) is 15.8. The number of anilines is 1. The number of hydrogen-bond acceptors (Lipinski definition) is 5. The highest BCUT2D eigenvalue weighted by Crippen LogP contribution is 2.23. The van der Waals surface area contributed by atoms with Gasteiger partial charge >= 0.3 is 0 Å². The van der Waals surface area contributed by atoms with Crippen LogP contribution in [-0.2, 0) is 0 Å². The van der Waals surface area contributed by atoms with Crippen LogP contribution in [0.5, 0.6) is 0 Å². The largest absolute Gasteiger partial charge is 0.371 e. The Balaban J connectivity index is 1.34. The van der Waals surface area contributed by atoms with E-state index in [1.165, 1.54) is 22.5 Å². The standard InChI is InChI=1S/C21H21N5O3/c27-21(22-14-16-9-11-24(15-16)17-5-2-1-3-6-17)20-10-12-25(23-20)18-7-4-8-19(13-18)26(28)29/h1-8,10,12-13,16H,9,11,14-15H2,(H,22,27). The molecule has 0 spiro atoms. The van der Waals surface area contributed by atoms with Gasteiger partial charge in [-0.3, -0.25) is 14.9 Å². The first-order chi connectivity index (χ1) is 14.1. The molecular weight excluding hydrogens is 370 g/mol. The van der Waals surface area contributed by atoms with Gasteiger partial charge in [0.05, 0.1) is 10.6 Å². The van der Waals surface area contributed by atoms with Gasteiger partial charge in [0, 0.05) is 43.7 Å². The average molecular weight is 391 g/mol. The molecule has 1 aliphatic heterocycles. The van der Waals surface area contributed by atoms with E-state index in [0.717, 1.165) is 19.5 Å². The molecule has 29 heavy (non-hydrogen) atoms. The minimum atomic E-state index is -0.457. The maximum Gasteiger partial charge on any atom is 0.271 e. The Bertz CT molecular complexity index is 1020. The summed E-state index contributed by atoms with van der Waals surface area (Å²) in [7, 11) is 0. The molecule has 1 atom stereocenters. The Kier molecular flexibility index (Phi) is 5.24. The van der Waals surface area contributed by atoms with Crippen LogP contribution < -0.4 is 10.2 Å². The molecule has 2 heterocycles. The number of nitrogens with one attached hydrogen (secondary N) is 1. The molecular formula is C21H21N5O3. The van der Waals surface area contributed by atoms with Crippen molar-refractivity contribution in [2.24, 2.45) is 5.92 Å². The van der Waals surface area contributed by atoms with Gasteiger partial charge in [-0.1, -0.05) is 24.3 Å². The fourth-order valence-electron chi connectivity index (χ4n) is 3.54. The van der Waals surface area contributed by atoms with Crippen LogP contribution in [0.15, 0.2) is 66.9 Å². The van der Waals surface area contributed by atoms with Gasteiger partial charge in [-0.05, 0) is 36.6 Å². The summed E-state index contributed by atoms with van der Waals surface area (Å²) < 4.78 is 1.47. The molecule has 1 amide bonds. The second-order valence-corrected chi connectivity index (χ2v) is 7.07. The Morgan fingerprint density at radius 3 is 2.72 bits per heavy atom. The summed E-state index contributed by atoms with van der Waals surface area (Å²) >= 11 is 0. The molecule has 1 N–H and O–H groups in total. The third-order valence-electron chi connectivity index (χ3n) is 5.09. The van der Waals surface area contributed by atoms with E-state index < -0.39 is 4.92 Å². The van der Waals surface area contributed by atoms with E-state index >= 15 is 0 Å². The first-order valence-corrected chi connectivity index (χ1v) is 9.49. The number of nitrogens with zero attached hydrogens (tertiary/aromatic N) is 4. The Labute approximate surface area is 167 Å². The quantitative estimate of drug-likeness (QED) is 0.515. The first-order valence-electron chi connectivity index (χ1n) is 9.49. The number of carbonyl (C=O) groups excluding carboxylic acids is 1. The number of benzene rings is 2. The molecule has 3 aromatic rings. The summed E-state index contributed by atoms with van der Waals surface area (Å²) in [5.41, 5.74) is 2.01. The molecule has 0 radical (unpaired) electrons. The molecule has 1 fully saturated rings. The number of rotatable bonds is 6. The predicted octanol–water partition coefficient (Wildman–Crippen LogP) is 3.04. The van der Waals surface area contributed by atoms with Gasteiger partial charge in [0.1, 0.15) is 0 Å². The van der Waals surface area contributed by atoms with E-state index in [4.69, 9.17) is 0 Å². The van der Waals surface area contributed by atoms with Crippen LogP contribution in [0, 0.1) is 16.0 Å². The lowest BCUT2D eigenvalue weighted by Gasteiger charge is -2.18. The van der Waals surface area contributed by atoms with Gasteiger partial charge in [0.2, 0.25) is 0 Å². The van der Waals surface area contributed by atoms with Crippen LogP contribution in [0.4, 0.5) is 11.4 Å². The van der Waals surface area contributed by atoms with Gasteiger partial charge in [0.15, 0.2) is 5.69 Å². The van der Waals surface area contributed by atoms with Crippen LogP contribution in [0.25, 0.3) is 5.69 Å². The Morgan fingerprint density at radius 1 is 1.14 bits per heavy atom. The number of para-hydroxylation sites is 1. The fraction of sp³-hybridized carbons (Fsp3) is 0.238. The zero-order valence-corrected chi connectivity index (χ0v) is 15.8. The Morgan fingerprint density at radius 2 is 1.93 bits per heavy atom. The SMILES string of the molecule is O=C(NCC1CCN(c2ccccc2)C1)c1ccn(-c2cccc([N+](=O)[O-])c2)n1. The smallest absolute Gasteiger partial charge is 0.271 e. The van der Waals surface area contributed by atoms with Crippen molar-refractivity contribution in [2.45, 2.75) is 6.42 Å². The van der Waals surface area contributed by atoms with E-state index in [0.29, 0.717) is 18.2 Å². The lowest BCUT2D eigenvalue weighted by Crippen LogP contribution is -2.31. The first kappa shape index (κ1) is 18.7. The van der Waals surface area contributed by atoms with Crippen molar-refractivity contribution in [3.8, 4) is 5.69 Å². The molecule has 1 aromatic heterocycles. The van der Waals surface area contributed by atoms with Crippen molar-refractivity contribution in [1.29, 1.82) is 0 Å². The number of nitro groups is 1. The van der Waals surface area contributed by atoms with Gasteiger partial charge in [-0.2, -0.15) is 5.10 Å². The summed E-state index contributed by atoms with van der Waals surface area (Å²) in [6.45, 7) is 2.48. The van der Waals surface area contributed by atoms with Crippen LogP contribution in [0.2, 0.25) is 0 Å². The van der Waals surface area contributed by atoms with Crippen molar-refractivity contribution < 1.29 is 9.72 Å². The van der Waals surface area contributed by atoms with Gasteiger partial charge in [-0.25, -0.2) is 4.68 Å². The van der Waals surface area contributed by atoms with E-state index in [1.807, 2.05) is 18.2 Å². The number of amides is 1. The Hall–Kier alpha value is -3.68. The molecule has 0 aliphatic carbocycles. The second-order valence-electron chi connectivity index (χ2n) is 7.07. The number of carbonyl (C=O) groups is 1. The van der Waals surface area contributed by atoms with Crippen LogP contribution >= 0.6 is 0 Å². The van der Waals surface area contributed by atoms with Crippen molar-refractivity contribution in [3.05, 3.63) is 82.7 Å². The highest BCUT2D eigenvalue weighted by Gasteiger charge is 2.23. The third-order valence-corrected chi connectivity index (χ3v) is 5.09. The molecule has 2 aromatic carbocycles. The summed E-state index contributed by atoms with van der Waals surface area (Å²) in [5.74, 6) is 0.144. The van der Waals surface area contributed by atoms with Gasteiger partial charge in [0.25, 0.3) is 11.6 Å². The molecule has 8 heteroatoms. The van der Waals surface area contributed by atoms with Crippen molar-refractivity contribution in [2.75, 3.05) is 24.5 Å². The molecule has 8 nitrogen and oxygen atoms in total. The number of non-ortho nitro benzene ring substituents is 1. The molecule has 1 saturated heterocycles. The molecule has 1 aliphatic rings. The summed E-state index contributed by atoms with van der Waals surface area (Å²) in [5, 5.41) is 18.1. The van der Waals surface area contributed by atoms with Crippen LogP contribution in [0.3, 0.4) is 0 Å². The minimum Gasteiger partial charge on any atom is -0.371 e. The maximum atomic E-state index is 12.5. The fourth-order valence-corrected chi connectivity index (χ4v) is 3.54. The highest BCUT2D eigenvalue weighted by atomic mass is 16.6. The summed E-state index contributed by atoms with van der Waals surface area (Å²) in [4.78, 5) is 25.3. The van der Waals surface area contributed by atoms with Gasteiger partial charge < -0.3 is 10.2 Å². The third kappa shape index (κ3) is 4.26. The van der Waals surface area contributed by atoms with Crippen LogP contribution in [-0.4, -0.2) is 40.2 Å². The number of aromatic nitrogens is 2. The number of nitro benzene ring substituents is 1. The normalized spacial score (nSPS) is 16.0. The minimum absolute atomic E-state index is 0.0202. The lowest BCUT2D eigenvalue weighted by atomic mass is 10.1. The lowest BCUT2D eigenvalue weighted by molar-refractivity contribution is -0.384. The highest BCUT2D eigenvalue weighted by molar-refractivity contribution is 5.92.